The second-order valence-electron chi connectivity index (χ2n) is 20.2. The molecule has 1 atom stereocenters. The number of rotatable bonds is 55. The molecule has 0 aromatic rings. The molecule has 0 aromatic heterocycles. The van der Waals surface area contributed by atoms with Gasteiger partial charge in [-0.2, -0.15) is 0 Å². The minimum absolute atomic E-state index is 0.129. The summed E-state index contributed by atoms with van der Waals surface area (Å²) < 4.78 is 16.8. The molecule has 0 spiro atoms. The number of hydrogen-bond donors (Lipinski definition) is 0. The van der Waals surface area contributed by atoms with Crippen molar-refractivity contribution in [2.45, 2.75) is 258 Å². The van der Waals surface area contributed by atoms with Crippen molar-refractivity contribution >= 4 is 17.9 Å². The van der Waals surface area contributed by atoms with Crippen LogP contribution in [0.2, 0.25) is 0 Å². The van der Waals surface area contributed by atoms with Crippen molar-refractivity contribution in [2.75, 3.05) is 13.2 Å². The molecule has 0 saturated carbocycles. The van der Waals surface area contributed by atoms with Gasteiger partial charge in [-0.3, -0.25) is 14.4 Å². The maximum absolute atomic E-state index is 12.9. The Kier molecular flexibility index (Phi) is 61.0. The van der Waals surface area contributed by atoms with E-state index in [0.29, 0.717) is 12.8 Å². The van der Waals surface area contributed by atoms with Gasteiger partial charge in [0.1, 0.15) is 13.2 Å². The van der Waals surface area contributed by atoms with Crippen LogP contribution in [0.1, 0.15) is 252 Å². The third-order valence-electron chi connectivity index (χ3n) is 12.7. The van der Waals surface area contributed by atoms with Gasteiger partial charge in [-0.15, -0.1) is 0 Å². The zero-order valence-electron chi connectivity index (χ0n) is 50.6. The number of carbonyl (C=O) groups is 3. The number of esters is 3. The average molecular weight is 1090 g/mol. The second kappa shape index (κ2) is 65.3. The van der Waals surface area contributed by atoms with Crippen molar-refractivity contribution in [1.82, 2.24) is 0 Å². The van der Waals surface area contributed by atoms with Crippen LogP contribution >= 0.6 is 0 Å². The van der Waals surface area contributed by atoms with E-state index in [2.05, 4.69) is 191 Å². The summed E-state index contributed by atoms with van der Waals surface area (Å²) in [5.41, 5.74) is 0. The Balaban J connectivity index is 4.56. The van der Waals surface area contributed by atoms with E-state index in [1.165, 1.54) is 70.6 Å². The number of allylic oxidation sites excluding steroid dienone is 28. The molecule has 0 rings (SSSR count). The van der Waals surface area contributed by atoms with Crippen molar-refractivity contribution in [3.05, 3.63) is 170 Å². The minimum atomic E-state index is -0.834. The fraction of sp³-hybridized carbons (Fsp3) is 0.575. The van der Waals surface area contributed by atoms with Crippen LogP contribution in [0.5, 0.6) is 0 Å². The van der Waals surface area contributed by atoms with Gasteiger partial charge in [-0.05, 0) is 148 Å². The van der Waals surface area contributed by atoms with E-state index in [4.69, 9.17) is 14.2 Å². The number of unbranched alkanes of at least 4 members (excludes halogenated alkanes) is 16. The first kappa shape index (κ1) is 73.8. The normalized spacial score (nSPS) is 13.3. The van der Waals surface area contributed by atoms with Crippen molar-refractivity contribution in [3.63, 3.8) is 0 Å². The molecule has 0 aliphatic carbocycles. The summed E-state index contributed by atoms with van der Waals surface area (Å²) in [7, 11) is 0. The SMILES string of the molecule is CC/C=C\C/C=C\C/C=C\C/C=C\C/C=C\C/C=C\C/C=C\CCCC(=O)OCC(COC(=O)CCCC/C=C\C/C=C\C/C=C\C/C=C\CC)OC(=O)CCCCCCCCCC/C=C\C/C=C\C/C=C\CCCCCCC. The maximum Gasteiger partial charge on any atom is 0.306 e. The fourth-order valence-electron chi connectivity index (χ4n) is 8.02. The van der Waals surface area contributed by atoms with Gasteiger partial charge in [0.25, 0.3) is 0 Å². The van der Waals surface area contributed by atoms with Crippen molar-refractivity contribution < 1.29 is 28.6 Å². The lowest BCUT2D eigenvalue weighted by atomic mass is 10.1. The highest BCUT2D eigenvalue weighted by Gasteiger charge is 2.19. The molecule has 6 heteroatoms. The molecule has 0 saturated heterocycles. The van der Waals surface area contributed by atoms with E-state index in [0.717, 1.165) is 128 Å². The Morgan fingerprint density at radius 1 is 0.266 bits per heavy atom. The number of hydrogen-bond acceptors (Lipinski definition) is 6. The predicted octanol–water partition coefficient (Wildman–Crippen LogP) is 21.9. The molecule has 0 amide bonds. The zero-order valence-corrected chi connectivity index (χ0v) is 50.6. The van der Waals surface area contributed by atoms with E-state index in [1.54, 1.807) is 0 Å². The average Bonchev–Trinajstić information content (AvgIpc) is 3.45. The molecule has 79 heavy (non-hydrogen) atoms. The van der Waals surface area contributed by atoms with E-state index < -0.39 is 6.10 Å². The Morgan fingerprint density at radius 2 is 0.506 bits per heavy atom. The Morgan fingerprint density at radius 3 is 0.848 bits per heavy atom. The quantitative estimate of drug-likeness (QED) is 0.0261. The van der Waals surface area contributed by atoms with Gasteiger partial charge in [0.2, 0.25) is 0 Å². The monoisotopic (exact) mass is 1090 g/mol. The molecule has 0 fully saturated rings. The lowest BCUT2D eigenvalue weighted by Gasteiger charge is -2.18. The van der Waals surface area contributed by atoms with Gasteiger partial charge in [0, 0.05) is 19.3 Å². The largest absolute Gasteiger partial charge is 0.462 e. The molecule has 6 nitrogen and oxygen atoms in total. The van der Waals surface area contributed by atoms with Crippen LogP contribution < -0.4 is 0 Å². The maximum atomic E-state index is 12.9. The molecule has 0 aliphatic rings. The third-order valence-corrected chi connectivity index (χ3v) is 12.7. The summed E-state index contributed by atoms with van der Waals surface area (Å²) in [5.74, 6) is -1.04. The van der Waals surface area contributed by atoms with Crippen LogP contribution in [-0.2, 0) is 28.6 Å². The van der Waals surface area contributed by atoms with Crippen LogP contribution in [0.3, 0.4) is 0 Å². The summed E-state index contributed by atoms with van der Waals surface area (Å²) in [6, 6.07) is 0. The van der Waals surface area contributed by atoms with Crippen LogP contribution in [0.4, 0.5) is 0 Å². The predicted molar refractivity (Wildman–Crippen MR) is 343 cm³/mol. The van der Waals surface area contributed by atoms with Crippen molar-refractivity contribution in [1.29, 1.82) is 0 Å². The Hall–Kier alpha value is -5.23. The molecular formula is C73H114O6. The highest BCUT2D eigenvalue weighted by molar-refractivity contribution is 5.71. The first-order valence-electron chi connectivity index (χ1n) is 31.6. The van der Waals surface area contributed by atoms with Gasteiger partial charge in [0.15, 0.2) is 6.10 Å². The number of carbonyl (C=O) groups excluding carboxylic acids is 3. The van der Waals surface area contributed by atoms with Gasteiger partial charge < -0.3 is 14.2 Å². The van der Waals surface area contributed by atoms with E-state index in [1.807, 2.05) is 0 Å². The smallest absolute Gasteiger partial charge is 0.306 e. The zero-order chi connectivity index (χ0) is 57.1. The highest BCUT2D eigenvalue weighted by atomic mass is 16.6. The lowest BCUT2D eigenvalue weighted by molar-refractivity contribution is -0.167. The van der Waals surface area contributed by atoms with Crippen LogP contribution in [-0.4, -0.2) is 37.2 Å². The van der Waals surface area contributed by atoms with Crippen LogP contribution in [0.15, 0.2) is 170 Å². The molecule has 0 bridgehead atoms. The molecular weight excluding hydrogens is 973 g/mol. The molecule has 0 radical (unpaired) electrons. The Bertz CT molecular complexity index is 1820. The van der Waals surface area contributed by atoms with Gasteiger partial charge in [0.05, 0.1) is 0 Å². The van der Waals surface area contributed by atoms with Crippen LogP contribution in [0, 0.1) is 0 Å². The first-order chi connectivity index (χ1) is 39.0. The summed E-state index contributed by atoms with van der Waals surface area (Å²) in [4.78, 5) is 38.3. The minimum Gasteiger partial charge on any atom is -0.462 e. The summed E-state index contributed by atoms with van der Waals surface area (Å²) in [5, 5.41) is 0. The summed E-state index contributed by atoms with van der Waals surface area (Å²) in [6.45, 7) is 6.30. The topological polar surface area (TPSA) is 78.9 Å². The molecule has 0 heterocycles. The van der Waals surface area contributed by atoms with Gasteiger partial charge in [-0.25, -0.2) is 0 Å². The summed E-state index contributed by atoms with van der Waals surface area (Å²) in [6.07, 6.45) is 96.5. The van der Waals surface area contributed by atoms with E-state index in [9.17, 15) is 14.4 Å². The first-order valence-corrected chi connectivity index (χ1v) is 31.6. The third kappa shape index (κ3) is 63.5. The Labute approximate surface area is 485 Å². The molecule has 442 valence electrons. The van der Waals surface area contributed by atoms with E-state index in [-0.39, 0.29) is 50.4 Å². The van der Waals surface area contributed by atoms with E-state index >= 15 is 0 Å². The molecule has 1 unspecified atom stereocenters. The van der Waals surface area contributed by atoms with Crippen molar-refractivity contribution in [2.24, 2.45) is 0 Å². The molecule has 0 N–H and O–H groups in total. The molecule has 0 aromatic carbocycles. The molecule has 0 aliphatic heterocycles. The number of ether oxygens (including phenoxy) is 3. The fourth-order valence-corrected chi connectivity index (χ4v) is 8.02. The van der Waals surface area contributed by atoms with Crippen LogP contribution in [0.25, 0.3) is 0 Å². The van der Waals surface area contributed by atoms with Gasteiger partial charge >= 0.3 is 17.9 Å². The van der Waals surface area contributed by atoms with Gasteiger partial charge in [-0.1, -0.05) is 255 Å². The standard InChI is InChI=1S/C73H114O6/c1-4-7-10-13-16-19-22-25-28-30-32-34-36-38-40-42-45-48-51-54-57-60-63-66-72(75)78-69-70(68-77-71(74)65-62-59-56-53-50-47-44-27-24-21-18-15-12-9-6-3)79-73(76)67-64-61-58-55-52-49-46-43-41-39-37-35-33-31-29-26-23-20-17-14-11-8-5-2/h7,9-10,12,16,18-19,21,23,25-28,31-34,37-40,44-45,48,50,53-54,57,70H,4-6,8,11,13-15,17,20,22,24,29-30,35-36,41-43,46-47,49,51-52,55-56,58-69H2,1-3H3/b10-7-,12-9-,19-16-,21-18-,26-23-,28-25-,33-31-,34-32-,39-37-,40-38-,44-27-,48-45-,53-50-,57-54-. The second-order valence-corrected chi connectivity index (χ2v) is 20.2. The highest BCUT2D eigenvalue weighted by Crippen LogP contribution is 2.13. The summed E-state index contributed by atoms with van der Waals surface area (Å²) >= 11 is 0. The van der Waals surface area contributed by atoms with Crippen molar-refractivity contribution in [3.8, 4) is 0 Å². The lowest BCUT2D eigenvalue weighted by Crippen LogP contribution is -2.30.